The average Bonchev–Trinajstić information content (AvgIpc) is 2.29. The normalized spacial score (nSPS) is 19.3. The summed E-state index contributed by atoms with van der Waals surface area (Å²) < 4.78 is 12.1. The second-order valence-corrected chi connectivity index (χ2v) is 4.41. The standard InChI is InChI=1S/C11H14BrNO2/c1-13-7-5-8-9(12)3-4-10(14-2)11(8)15-6-7/h3-4,7,13H,5-6H2,1-2H3. The lowest BCUT2D eigenvalue weighted by Crippen LogP contribution is -2.37. The van der Waals surface area contributed by atoms with Gasteiger partial charge in [-0.1, -0.05) is 15.9 Å². The van der Waals surface area contributed by atoms with Crippen LogP contribution < -0.4 is 14.8 Å². The van der Waals surface area contributed by atoms with E-state index in [0.717, 1.165) is 22.4 Å². The van der Waals surface area contributed by atoms with Gasteiger partial charge in [-0.25, -0.2) is 0 Å². The first-order valence-corrected chi connectivity index (χ1v) is 5.71. The van der Waals surface area contributed by atoms with Gasteiger partial charge in [0.2, 0.25) is 0 Å². The van der Waals surface area contributed by atoms with E-state index in [1.807, 2.05) is 19.2 Å². The predicted molar refractivity (Wildman–Crippen MR) is 62.7 cm³/mol. The summed E-state index contributed by atoms with van der Waals surface area (Å²) in [5.41, 5.74) is 1.18. The molecule has 1 aromatic rings. The van der Waals surface area contributed by atoms with Crippen molar-refractivity contribution in [3.05, 3.63) is 22.2 Å². The van der Waals surface area contributed by atoms with Crippen molar-refractivity contribution in [3.8, 4) is 11.5 Å². The van der Waals surface area contributed by atoms with Gasteiger partial charge in [0.15, 0.2) is 11.5 Å². The number of likely N-dealkylation sites (N-methyl/N-ethyl adjacent to an activating group) is 1. The number of nitrogens with one attached hydrogen (secondary N) is 1. The van der Waals surface area contributed by atoms with E-state index in [4.69, 9.17) is 9.47 Å². The fourth-order valence-corrected chi connectivity index (χ4v) is 2.24. The van der Waals surface area contributed by atoms with E-state index >= 15 is 0 Å². The highest BCUT2D eigenvalue weighted by molar-refractivity contribution is 9.10. The molecular formula is C11H14BrNO2. The van der Waals surface area contributed by atoms with E-state index in [9.17, 15) is 0 Å². The zero-order valence-corrected chi connectivity index (χ0v) is 10.4. The highest BCUT2D eigenvalue weighted by Gasteiger charge is 2.23. The number of hydrogen-bond acceptors (Lipinski definition) is 3. The van der Waals surface area contributed by atoms with Crippen LogP contribution in [0.2, 0.25) is 0 Å². The van der Waals surface area contributed by atoms with E-state index in [1.165, 1.54) is 5.56 Å². The first kappa shape index (κ1) is 10.8. The Labute approximate surface area is 97.9 Å². The van der Waals surface area contributed by atoms with Crippen molar-refractivity contribution >= 4 is 15.9 Å². The zero-order chi connectivity index (χ0) is 10.8. The summed E-state index contributed by atoms with van der Waals surface area (Å²) in [5, 5.41) is 3.22. The molecule has 0 aromatic heterocycles. The number of ether oxygens (including phenoxy) is 2. The highest BCUT2D eigenvalue weighted by atomic mass is 79.9. The molecule has 1 atom stereocenters. The van der Waals surface area contributed by atoms with Crippen LogP contribution in [0.3, 0.4) is 0 Å². The number of fused-ring (bicyclic) bond motifs is 1. The molecule has 1 aromatic carbocycles. The Kier molecular flexibility index (Phi) is 3.17. The molecule has 0 amide bonds. The van der Waals surface area contributed by atoms with Crippen LogP contribution in [-0.2, 0) is 6.42 Å². The summed E-state index contributed by atoms with van der Waals surface area (Å²) >= 11 is 3.54. The molecule has 2 rings (SSSR count). The lowest BCUT2D eigenvalue weighted by molar-refractivity contribution is 0.232. The first-order valence-electron chi connectivity index (χ1n) is 4.91. The summed E-state index contributed by atoms with van der Waals surface area (Å²) in [7, 11) is 3.62. The van der Waals surface area contributed by atoms with Gasteiger partial charge in [-0.3, -0.25) is 0 Å². The van der Waals surface area contributed by atoms with Gasteiger partial charge in [0.05, 0.1) is 7.11 Å². The van der Waals surface area contributed by atoms with Gasteiger partial charge in [-0.15, -0.1) is 0 Å². The van der Waals surface area contributed by atoms with Gasteiger partial charge < -0.3 is 14.8 Å². The van der Waals surface area contributed by atoms with Crippen LogP contribution in [0.5, 0.6) is 11.5 Å². The van der Waals surface area contributed by atoms with Crippen molar-refractivity contribution in [2.45, 2.75) is 12.5 Å². The number of halogens is 1. The van der Waals surface area contributed by atoms with E-state index in [1.54, 1.807) is 7.11 Å². The minimum absolute atomic E-state index is 0.376. The number of benzene rings is 1. The molecule has 1 unspecified atom stereocenters. The molecule has 1 N–H and O–H groups in total. The third kappa shape index (κ3) is 1.96. The highest BCUT2D eigenvalue weighted by Crippen LogP contribution is 2.39. The van der Waals surface area contributed by atoms with E-state index in [0.29, 0.717) is 12.6 Å². The quantitative estimate of drug-likeness (QED) is 0.893. The zero-order valence-electron chi connectivity index (χ0n) is 8.84. The number of hydrogen-bond donors (Lipinski definition) is 1. The fraction of sp³-hybridized carbons (Fsp3) is 0.455. The molecule has 0 radical (unpaired) electrons. The summed E-state index contributed by atoms with van der Waals surface area (Å²) in [4.78, 5) is 0. The monoisotopic (exact) mass is 271 g/mol. The number of rotatable bonds is 2. The van der Waals surface area contributed by atoms with E-state index in [-0.39, 0.29) is 0 Å². The summed E-state index contributed by atoms with van der Waals surface area (Å²) in [5.74, 6) is 1.68. The minimum atomic E-state index is 0.376. The van der Waals surface area contributed by atoms with Crippen LogP contribution in [0.4, 0.5) is 0 Å². The van der Waals surface area contributed by atoms with Crippen molar-refractivity contribution in [1.29, 1.82) is 0 Å². The van der Waals surface area contributed by atoms with Crippen LogP contribution in [0, 0.1) is 0 Å². The Morgan fingerprint density at radius 2 is 2.33 bits per heavy atom. The van der Waals surface area contributed by atoms with Crippen LogP contribution >= 0.6 is 15.9 Å². The largest absolute Gasteiger partial charge is 0.493 e. The SMILES string of the molecule is CNC1COc2c(OC)ccc(Br)c2C1. The van der Waals surface area contributed by atoms with Gasteiger partial charge in [-0.2, -0.15) is 0 Å². The number of methoxy groups -OCH3 is 1. The average molecular weight is 272 g/mol. The van der Waals surface area contributed by atoms with Gasteiger partial charge in [0.25, 0.3) is 0 Å². The molecule has 0 spiro atoms. The topological polar surface area (TPSA) is 30.5 Å². The molecule has 1 heterocycles. The minimum Gasteiger partial charge on any atom is -0.493 e. The Bertz CT molecular complexity index is 368. The summed E-state index contributed by atoms with van der Waals surface area (Å²) in [6.07, 6.45) is 0.962. The molecule has 0 fully saturated rings. The molecule has 3 nitrogen and oxygen atoms in total. The van der Waals surface area contributed by atoms with Crippen LogP contribution in [-0.4, -0.2) is 26.8 Å². The third-order valence-corrected chi connectivity index (χ3v) is 3.42. The predicted octanol–water partition coefficient (Wildman–Crippen LogP) is 1.98. The molecule has 0 bridgehead atoms. The molecule has 0 saturated carbocycles. The molecule has 0 aliphatic carbocycles. The van der Waals surface area contributed by atoms with Crippen molar-refractivity contribution in [2.24, 2.45) is 0 Å². The van der Waals surface area contributed by atoms with Gasteiger partial charge in [0.1, 0.15) is 6.61 Å². The van der Waals surface area contributed by atoms with Crippen molar-refractivity contribution in [3.63, 3.8) is 0 Å². The molecule has 1 aliphatic heterocycles. The second-order valence-electron chi connectivity index (χ2n) is 3.56. The third-order valence-electron chi connectivity index (χ3n) is 2.67. The Hall–Kier alpha value is -0.740. The Balaban J connectivity index is 2.40. The molecule has 15 heavy (non-hydrogen) atoms. The molecule has 82 valence electrons. The van der Waals surface area contributed by atoms with Crippen molar-refractivity contribution in [2.75, 3.05) is 20.8 Å². The Morgan fingerprint density at radius 3 is 3.00 bits per heavy atom. The smallest absolute Gasteiger partial charge is 0.165 e. The van der Waals surface area contributed by atoms with Crippen molar-refractivity contribution < 1.29 is 9.47 Å². The maximum atomic E-state index is 5.71. The molecule has 0 saturated heterocycles. The van der Waals surface area contributed by atoms with Crippen LogP contribution in [0.1, 0.15) is 5.56 Å². The summed E-state index contributed by atoms with van der Waals surface area (Å²) in [6, 6.07) is 4.29. The first-order chi connectivity index (χ1) is 7.26. The van der Waals surface area contributed by atoms with Crippen LogP contribution in [0.15, 0.2) is 16.6 Å². The fourth-order valence-electron chi connectivity index (χ4n) is 1.77. The second kappa shape index (κ2) is 4.41. The molecular weight excluding hydrogens is 258 g/mol. The van der Waals surface area contributed by atoms with Gasteiger partial charge in [-0.05, 0) is 25.6 Å². The maximum Gasteiger partial charge on any atom is 0.165 e. The molecule has 4 heteroatoms. The van der Waals surface area contributed by atoms with Crippen LogP contribution in [0.25, 0.3) is 0 Å². The maximum absolute atomic E-state index is 5.71. The lowest BCUT2D eigenvalue weighted by Gasteiger charge is -2.27. The van der Waals surface area contributed by atoms with Gasteiger partial charge in [0, 0.05) is 16.1 Å². The van der Waals surface area contributed by atoms with Crippen molar-refractivity contribution in [1.82, 2.24) is 5.32 Å². The van der Waals surface area contributed by atoms with E-state index < -0.39 is 0 Å². The summed E-state index contributed by atoms with van der Waals surface area (Å²) in [6.45, 7) is 0.691. The Morgan fingerprint density at radius 1 is 1.53 bits per heavy atom. The van der Waals surface area contributed by atoms with Gasteiger partial charge >= 0.3 is 0 Å². The van der Waals surface area contributed by atoms with E-state index in [2.05, 4.69) is 21.2 Å². The lowest BCUT2D eigenvalue weighted by atomic mass is 10.0. The molecule has 1 aliphatic rings.